The average Bonchev–Trinajstić information content (AvgIpc) is 3.08. The van der Waals surface area contributed by atoms with Crippen molar-refractivity contribution in [2.45, 2.75) is 76.6 Å². The number of amides is 3. The highest BCUT2D eigenvalue weighted by molar-refractivity contribution is 9.10. The maximum absolute atomic E-state index is 13.4. The van der Waals surface area contributed by atoms with E-state index in [1.807, 2.05) is 41.3 Å². The van der Waals surface area contributed by atoms with Crippen LogP contribution in [0.25, 0.3) is 0 Å². The second-order valence-electron chi connectivity index (χ2n) is 9.05. The van der Waals surface area contributed by atoms with Crippen LogP contribution in [0.1, 0.15) is 68.2 Å². The first-order chi connectivity index (χ1) is 15.6. The number of benzene rings is 2. The number of ether oxygens (including phenoxy) is 1. The number of fused-ring (bicyclic) bond motifs is 2. The van der Waals surface area contributed by atoms with Gasteiger partial charge in [0, 0.05) is 12.5 Å². The Morgan fingerprint density at radius 3 is 2.50 bits per heavy atom. The first-order valence-corrected chi connectivity index (χ1v) is 12.5. The van der Waals surface area contributed by atoms with Crippen molar-refractivity contribution < 1.29 is 14.3 Å². The Morgan fingerprint density at radius 2 is 1.78 bits per heavy atom. The summed E-state index contributed by atoms with van der Waals surface area (Å²) in [5.41, 5.74) is 3.32. The predicted molar refractivity (Wildman–Crippen MR) is 126 cm³/mol. The number of carbonyl (C=O) groups is 2. The molecule has 3 amide bonds. The van der Waals surface area contributed by atoms with Crippen molar-refractivity contribution in [1.29, 1.82) is 0 Å². The minimum absolute atomic E-state index is 0.0199. The van der Waals surface area contributed by atoms with Gasteiger partial charge in [0.15, 0.2) is 0 Å². The van der Waals surface area contributed by atoms with Gasteiger partial charge >= 0.3 is 6.03 Å². The highest BCUT2D eigenvalue weighted by Gasteiger charge is 2.53. The van der Waals surface area contributed by atoms with Gasteiger partial charge in [-0.2, -0.15) is 0 Å². The molecule has 0 aromatic heterocycles. The Morgan fingerprint density at radius 1 is 1.03 bits per heavy atom. The molecule has 0 radical (unpaired) electrons. The van der Waals surface area contributed by atoms with E-state index in [0.717, 1.165) is 59.0 Å². The first-order valence-electron chi connectivity index (χ1n) is 11.7. The van der Waals surface area contributed by atoms with Crippen molar-refractivity contribution in [2.24, 2.45) is 0 Å². The molecule has 2 atom stereocenters. The largest absolute Gasteiger partial charge is 0.488 e. The summed E-state index contributed by atoms with van der Waals surface area (Å²) in [5, 5.41) is 0. The fraction of sp³-hybridized carbons (Fsp3) is 0.462. The minimum atomic E-state index is -0.414. The third-order valence-electron chi connectivity index (χ3n) is 7.19. The fourth-order valence-corrected chi connectivity index (χ4v) is 6.22. The Balaban J connectivity index is 1.43. The van der Waals surface area contributed by atoms with Crippen molar-refractivity contribution in [3.8, 4) is 5.75 Å². The summed E-state index contributed by atoms with van der Waals surface area (Å²) in [7, 11) is 0. The second-order valence-corrected chi connectivity index (χ2v) is 9.85. The SMILES string of the molecule is CC[C@@H]1c2ccc(OCc3ccccc3)c(Br)c2C[C@H]2C(=O)N(C3CCCCC3)C(=O)N12. The molecule has 1 saturated carbocycles. The van der Waals surface area contributed by atoms with Gasteiger partial charge in [-0.05, 0) is 57.9 Å². The van der Waals surface area contributed by atoms with Crippen LogP contribution in [0.15, 0.2) is 46.9 Å². The van der Waals surface area contributed by atoms with Gasteiger partial charge in [-0.3, -0.25) is 9.69 Å². The van der Waals surface area contributed by atoms with Crippen LogP contribution in [0.3, 0.4) is 0 Å². The summed E-state index contributed by atoms with van der Waals surface area (Å²) in [4.78, 5) is 30.3. The van der Waals surface area contributed by atoms with Crippen LogP contribution in [-0.2, 0) is 17.8 Å². The maximum atomic E-state index is 13.4. The Bertz CT molecular complexity index is 1020. The fourth-order valence-electron chi connectivity index (χ4n) is 5.58. The standard InChI is InChI=1S/C26H29BrN2O3/c1-2-21-19-13-14-23(32-16-17-9-5-3-6-10-17)24(27)20(19)15-22-25(30)28(26(31)29(21)22)18-11-7-4-8-12-18/h3,5-6,9-10,13-14,18,21-22H,2,4,7-8,11-12,15-16H2,1H3/t21-,22+/m1/s1. The molecule has 32 heavy (non-hydrogen) atoms. The number of imide groups is 1. The molecule has 3 aliphatic rings. The van der Waals surface area contributed by atoms with E-state index in [2.05, 4.69) is 28.9 Å². The molecular weight excluding hydrogens is 468 g/mol. The Kier molecular flexibility index (Phi) is 5.97. The Labute approximate surface area is 197 Å². The number of halogens is 1. The zero-order chi connectivity index (χ0) is 22.2. The van der Waals surface area contributed by atoms with Crippen LogP contribution < -0.4 is 4.74 Å². The van der Waals surface area contributed by atoms with Gasteiger partial charge in [0.2, 0.25) is 0 Å². The van der Waals surface area contributed by atoms with E-state index in [1.165, 1.54) is 6.42 Å². The molecule has 5 nitrogen and oxygen atoms in total. The molecule has 2 aliphatic heterocycles. The molecule has 168 valence electrons. The molecular formula is C26H29BrN2O3. The highest BCUT2D eigenvalue weighted by atomic mass is 79.9. The third kappa shape index (κ3) is 3.62. The quantitative estimate of drug-likeness (QED) is 0.476. The third-order valence-corrected chi connectivity index (χ3v) is 8.05. The molecule has 2 aromatic rings. The lowest BCUT2D eigenvalue weighted by Crippen LogP contribution is -2.44. The average molecular weight is 497 g/mol. The van der Waals surface area contributed by atoms with Crippen LogP contribution in [0.4, 0.5) is 4.79 Å². The lowest BCUT2D eigenvalue weighted by molar-refractivity contribution is -0.130. The monoisotopic (exact) mass is 496 g/mol. The number of carbonyl (C=O) groups excluding carboxylic acids is 2. The topological polar surface area (TPSA) is 49.9 Å². The highest BCUT2D eigenvalue weighted by Crippen LogP contribution is 2.45. The van der Waals surface area contributed by atoms with E-state index in [4.69, 9.17) is 4.74 Å². The molecule has 0 spiro atoms. The van der Waals surface area contributed by atoms with Crippen molar-refractivity contribution in [3.63, 3.8) is 0 Å². The van der Waals surface area contributed by atoms with Crippen LogP contribution in [0.2, 0.25) is 0 Å². The van der Waals surface area contributed by atoms with E-state index >= 15 is 0 Å². The Hall–Kier alpha value is -2.34. The molecule has 2 aromatic carbocycles. The lowest BCUT2D eigenvalue weighted by Gasteiger charge is -2.37. The van der Waals surface area contributed by atoms with Gasteiger partial charge in [0.25, 0.3) is 5.91 Å². The number of hydrogen-bond acceptors (Lipinski definition) is 3. The summed E-state index contributed by atoms with van der Waals surface area (Å²) in [5.74, 6) is 0.755. The maximum Gasteiger partial charge on any atom is 0.328 e. The minimum Gasteiger partial charge on any atom is -0.488 e. The lowest BCUT2D eigenvalue weighted by atomic mass is 9.87. The molecule has 1 aliphatic carbocycles. The van der Waals surface area contributed by atoms with Crippen molar-refractivity contribution >= 4 is 27.9 Å². The van der Waals surface area contributed by atoms with Crippen LogP contribution in [0.5, 0.6) is 5.75 Å². The molecule has 2 fully saturated rings. The van der Waals surface area contributed by atoms with Gasteiger partial charge in [0.05, 0.1) is 10.5 Å². The molecule has 2 heterocycles. The smallest absolute Gasteiger partial charge is 0.328 e. The van der Waals surface area contributed by atoms with E-state index in [9.17, 15) is 9.59 Å². The van der Waals surface area contributed by atoms with Gasteiger partial charge in [-0.25, -0.2) is 4.79 Å². The molecule has 0 unspecified atom stereocenters. The zero-order valence-corrected chi connectivity index (χ0v) is 20.0. The summed E-state index contributed by atoms with van der Waals surface area (Å²) < 4.78 is 7.01. The van der Waals surface area contributed by atoms with Crippen LogP contribution in [-0.4, -0.2) is 33.8 Å². The molecule has 5 rings (SSSR count). The number of urea groups is 1. The number of rotatable bonds is 5. The van der Waals surface area contributed by atoms with Crippen molar-refractivity contribution in [2.75, 3.05) is 0 Å². The van der Waals surface area contributed by atoms with Gasteiger partial charge in [-0.15, -0.1) is 0 Å². The number of nitrogens with zero attached hydrogens (tertiary/aromatic N) is 2. The summed E-state index contributed by atoms with van der Waals surface area (Å²) in [6.45, 7) is 2.57. The van der Waals surface area contributed by atoms with Gasteiger partial charge in [0.1, 0.15) is 18.4 Å². The van der Waals surface area contributed by atoms with E-state index < -0.39 is 6.04 Å². The van der Waals surface area contributed by atoms with Gasteiger partial charge < -0.3 is 9.64 Å². The van der Waals surface area contributed by atoms with Crippen LogP contribution >= 0.6 is 15.9 Å². The molecule has 0 bridgehead atoms. The van der Waals surface area contributed by atoms with Crippen molar-refractivity contribution in [3.05, 3.63) is 63.6 Å². The van der Waals surface area contributed by atoms with E-state index in [-0.39, 0.29) is 24.0 Å². The second kappa shape index (κ2) is 8.89. The molecule has 1 saturated heterocycles. The molecule has 6 heteroatoms. The summed E-state index contributed by atoms with van der Waals surface area (Å²) >= 11 is 3.77. The normalized spacial score (nSPS) is 23.3. The summed E-state index contributed by atoms with van der Waals surface area (Å²) in [6.07, 6.45) is 6.56. The predicted octanol–water partition coefficient (Wildman–Crippen LogP) is 6.00. The van der Waals surface area contributed by atoms with Crippen LogP contribution in [0, 0.1) is 0 Å². The summed E-state index contributed by atoms with van der Waals surface area (Å²) in [6, 6.07) is 13.6. The first kappa shape index (κ1) is 21.5. The van der Waals surface area contributed by atoms with Gasteiger partial charge in [-0.1, -0.05) is 62.6 Å². The number of hydrogen-bond donors (Lipinski definition) is 0. The molecule has 0 N–H and O–H groups in total. The van der Waals surface area contributed by atoms with Crippen molar-refractivity contribution in [1.82, 2.24) is 9.80 Å². The van der Waals surface area contributed by atoms with E-state index in [1.54, 1.807) is 4.90 Å². The van der Waals surface area contributed by atoms with E-state index in [0.29, 0.717) is 13.0 Å². The zero-order valence-electron chi connectivity index (χ0n) is 18.4.